The Kier molecular flexibility index (Phi) is 5.65. The number of aryl methyl sites for hydroxylation is 1. The monoisotopic (exact) mass is 308 g/mol. The van der Waals surface area contributed by atoms with Crippen LogP contribution in [0.5, 0.6) is 0 Å². The van der Waals surface area contributed by atoms with Gasteiger partial charge in [-0.25, -0.2) is 0 Å². The summed E-state index contributed by atoms with van der Waals surface area (Å²) in [5.41, 5.74) is 1.70. The van der Waals surface area contributed by atoms with E-state index in [-0.39, 0.29) is 5.91 Å². The van der Waals surface area contributed by atoms with Gasteiger partial charge in [0.2, 0.25) is 0 Å². The maximum Gasteiger partial charge on any atom is 0.253 e. The topological polar surface area (TPSA) is 32.3 Å². The molecule has 0 saturated carbocycles. The highest BCUT2D eigenvalue weighted by Crippen LogP contribution is 2.21. The number of piperidine rings is 1. The Morgan fingerprint density at radius 3 is 2.90 bits per heavy atom. The van der Waals surface area contributed by atoms with Crippen molar-refractivity contribution in [3.8, 4) is 0 Å². The van der Waals surface area contributed by atoms with Crippen LogP contribution in [0.3, 0.4) is 0 Å². The van der Waals surface area contributed by atoms with Gasteiger partial charge >= 0.3 is 0 Å². The highest BCUT2D eigenvalue weighted by molar-refractivity contribution is 6.31. The number of nitrogens with zero attached hydrogens (tertiary/aromatic N) is 1. The van der Waals surface area contributed by atoms with Crippen molar-refractivity contribution in [1.29, 1.82) is 0 Å². The second kappa shape index (κ2) is 7.28. The molecule has 1 aromatic rings. The molecule has 0 aromatic heterocycles. The van der Waals surface area contributed by atoms with Crippen LogP contribution in [0.4, 0.5) is 0 Å². The van der Waals surface area contributed by atoms with Crippen LogP contribution >= 0.6 is 11.6 Å². The molecule has 2 rings (SSSR count). The van der Waals surface area contributed by atoms with Crippen LogP contribution in [-0.2, 0) is 0 Å². The third kappa shape index (κ3) is 4.45. The Bertz CT molecular complexity index is 502. The summed E-state index contributed by atoms with van der Waals surface area (Å²) in [7, 11) is 0. The van der Waals surface area contributed by atoms with E-state index in [1.54, 1.807) is 6.07 Å². The third-order valence-electron chi connectivity index (χ3n) is 4.04. The standard InChI is InChI=1S/C17H25ClN2O/c1-12(2)19-10-14-5-4-8-20(11-14)17(21)15-7-6-13(3)16(18)9-15/h6-7,9,12,14,19H,4-5,8,10-11H2,1-3H3. The van der Waals surface area contributed by atoms with Gasteiger partial charge in [-0.3, -0.25) is 4.79 Å². The number of hydrogen-bond acceptors (Lipinski definition) is 2. The minimum absolute atomic E-state index is 0.103. The SMILES string of the molecule is Cc1ccc(C(=O)N2CCCC(CNC(C)C)C2)cc1Cl. The predicted molar refractivity (Wildman–Crippen MR) is 88.0 cm³/mol. The van der Waals surface area contributed by atoms with Crippen molar-refractivity contribution in [3.63, 3.8) is 0 Å². The average molecular weight is 309 g/mol. The van der Waals surface area contributed by atoms with E-state index in [0.717, 1.165) is 31.6 Å². The molecule has 116 valence electrons. The molecule has 1 aliphatic rings. The molecule has 0 aliphatic carbocycles. The molecule has 0 spiro atoms. The second-order valence-corrected chi connectivity index (χ2v) is 6.69. The molecule has 1 N–H and O–H groups in total. The zero-order valence-electron chi connectivity index (χ0n) is 13.2. The molecule has 0 radical (unpaired) electrons. The minimum Gasteiger partial charge on any atom is -0.338 e. The first-order valence-electron chi connectivity index (χ1n) is 7.76. The smallest absolute Gasteiger partial charge is 0.253 e. The summed E-state index contributed by atoms with van der Waals surface area (Å²) in [5.74, 6) is 0.650. The summed E-state index contributed by atoms with van der Waals surface area (Å²) in [6.45, 7) is 8.92. The van der Waals surface area contributed by atoms with Crippen LogP contribution in [0, 0.1) is 12.8 Å². The van der Waals surface area contributed by atoms with Gasteiger partial charge in [0.15, 0.2) is 0 Å². The minimum atomic E-state index is 0.103. The molecular formula is C17H25ClN2O. The van der Waals surface area contributed by atoms with Crippen LogP contribution < -0.4 is 5.32 Å². The van der Waals surface area contributed by atoms with Crippen LogP contribution in [0.2, 0.25) is 5.02 Å². The molecular weight excluding hydrogens is 284 g/mol. The first kappa shape index (κ1) is 16.3. The molecule has 21 heavy (non-hydrogen) atoms. The molecule has 1 aromatic carbocycles. The van der Waals surface area contributed by atoms with Gasteiger partial charge in [0.1, 0.15) is 0 Å². The molecule has 1 fully saturated rings. The van der Waals surface area contributed by atoms with Crippen molar-refractivity contribution >= 4 is 17.5 Å². The number of likely N-dealkylation sites (tertiary alicyclic amines) is 1. The number of benzene rings is 1. The van der Waals surface area contributed by atoms with Crippen molar-refractivity contribution in [2.75, 3.05) is 19.6 Å². The van der Waals surface area contributed by atoms with E-state index >= 15 is 0 Å². The molecule has 1 aliphatic heterocycles. The van der Waals surface area contributed by atoms with E-state index < -0.39 is 0 Å². The fourth-order valence-corrected chi connectivity index (χ4v) is 2.91. The van der Waals surface area contributed by atoms with E-state index in [2.05, 4.69) is 19.2 Å². The lowest BCUT2D eigenvalue weighted by Gasteiger charge is -2.33. The molecule has 4 heteroatoms. The number of carbonyl (C=O) groups excluding carboxylic acids is 1. The van der Waals surface area contributed by atoms with E-state index in [1.807, 2.05) is 24.0 Å². The number of halogens is 1. The van der Waals surface area contributed by atoms with Gasteiger partial charge in [-0.2, -0.15) is 0 Å². The zero-order chi connectivity index (χ0) is 15.4. The number of nitrogens with one attached hydrogen (secondary N) is 1. The van der Waals surface area contributed by atoms with Crippen molar-refractivity contribution in [2.24, 2.45) is 5.92 Å². The van der Waals surface area contributed by atoms with Crippen LogP contribution in [0.1, 0.15) is 42.6 Å². The maximum atomic E-state index is 12.6. The fourth-order valence-electron chi connectivity index (χ4n) is 2.73. The Balaban J connectivity index is 1.99. The summed E-state index contributed by atoms with van der Waals surface area (Å²) < 4.78 is 0. The molecule has 0 bridgehead atoms. The highest BCUT2D eigenvalue weighted by Gasteiger charge is 2.24. The Hall–Kier alpha value is -1.06. The van der Waals surface area contributed by atoms with E-state index in [0.29, 0.717) is 22.5 Å². The average Bonchev–Trinajstić information content (AvgIpc) is 2.47. The Morgan fingerprint density at radius 2 is 2.24 bits per heavy atom. The number of amides is 1. The van der Waals surface area contributed by atoms with Crippen molar-refractivity contribution < 1.29 is 4.79 Å². The molecule has 1 heterocycles. The van der Waals surface area contributed by atoms with E-state index in [9.17, 15) is 4.79 Å². The lowest BCUT2D eigenvalue weighted by Crippen LogP contribution is -2.43. The molecule has 1 amide bonds. The third-order valence-corrected chi connectivity index (χ3v) is 4.45. The van der Waals surface area contributed by atoms with Crippen LogP contribution in [0.25, 0.3) is 0 Å². The molecule has 1 atom stereocenters. The number of carbonyl (C=O) groups is 1. The van der Waals surface area contributed by atoms with Gasteiger partial charge in [-0.1, -0.05) is 31.5 Å². The number of hydrogen-bond donors (Lipinski definition) is 1. The Labute approximate surface area is 132 Å². The van der Waals surface area contributed by atoms with Gasteiger partial charge in [-0.05, 0) is 49.9 Å². The normalized spacial score (nSPS) is 19.1. The van der Waals surface area contributed by atoms with Crippen LogP contribution in [0.15, 0.2) is 18.2 Å². The zero-order valence-corrected chi connectivity index (χ0v) is 13.9. The Morgan fingerprint density at radius 1 is 1.48 bits per heavy atom. The molecule has 1 unspecified atom stereocenters. The second-order valence-electron chi connectivity index (χ2n) is 6.29. The number of rotatable bonds is 4. The highest BCUT2D eigenvalue weighted by atomic mass is 35.5. The van der Waals surface area contributed by atoms with Gasteiger partial charge < -0.3 is 10.2 Å². The summed E-state index contributed by atoms with van der Waals surface area (Å²) in [5, 5.41) is 4.13. The van der Waals surface area contributed by atoms with E-state index in [4.69, 9.17) is 11.6 Å². The fraction of sp³-hybridized carbons (Fsp3) is 0.588. The van der Waals surface area contributed by atoms with Gasteiger partial charge in [0, 0.05) is 29.7 Å². The summed E-state index contributed by atoms with van der Waals surface area (Å²) in [6.07, 6.45) is 2.27. The largest absolute Gasteiger partial charge is 0.338 e. The summed E-state index contributed by atoms with van der Waals surface area (Å²) in [4.78, 5) is 14.6. The van der Waals surface area contributed by atoms with Crippen LogP contribution in [-0.4, -0.2) is 36.5 Å². The molecule has 1 saturated heterocycles. The maximum absolute atomic E-state index is 12.6. The van der Waals surface area contributed by atoms with Crippen molar-refractivity contribution in [1.82, 2.24) is 10.2 Å². The van der Waals surface area contributed by atoms with Gasteiger partial charge in [0.25, 0.3) is 5.91 Å². The van der Waals surface area contributed by atoms with Gasteiger partial charge in [-0.15, -0.1) is 0 Å². The summed E-state index contributed by atoms with van der Waals surface area (Å²) in [6, 6.07) is 6.07. The van der Waals surface area contributed by atoms with Crippen molar-refractivity contribution in [3.05, 3.63) is 34.3 Å². The van der Waals surface area contributed by atoms with Crippen molar-refractivity contribution in [2.45, 2.75) is 39.7 Å². The predicted octanol–water partition coefficient (Wildman–Crippen LogP) is 3.50. The first-order chi connectivity index (χ1) is 9.97. The van der Waals surface area contributed by atoms with Gasteiger partial charge in [0.05, 0.1) is 0 Å². The first-order valence-corrected chi connectivity index (χ1v) is 8.14. The summed E-state index contributed by atoms with van der Waals surface area (Å²) >= 11 is 6.13. The quantitative estimate of drug-likeness (QED) is 0.923. The lowest BCUT2D eigenvalue weighted by atomic mass is 9.97. The van der Waals surface area contributed by atoms with E-state index in [1.165, 1.54) is 6.42 Å². The molecule has 3 nitrogen and oxygen atoms in total. The lowest BCUT2D eigenvalue weighted by molar-refractivity contribution is 0.0672.